The number of hydrogen-bond donors (Lipinski definition) is 2. The van der Waals surface area contributed by atoms with Gasteiger partial charge in [0.15, 0.2) is 0 Å². The second-order valence-corrected chi connectivity index (χ2v) is 3.68. The van der Waals surface area contributed by atoms with Crippen LogP contribution in [-0.4, -0.2) is 22.0 Å². The normalized spacial score (nSPS) is 9.89. The van der Waals surface area contributed by atoms with Gasteiger partial charge in [0.05, 0.1) is 6.20 Å². The fourth-order valence-electron chi connectivity index (χ4n) is 1.42. The van der Waals surface area contributed by atoms with Gasteiger partial charge < -0.3 is 15.6 Å². The number of nitrogens with zero attached hydrogens (tertiary/aromatic N) is 1. The molecular formula is C13H10N2O4. The van der Waals surface area contributed by atoms with E-state index in [1.54, 1.807) is 18.2 Å². The third-order valence-electron chi connectivity index (χ3n) is 2.31. The minimum absolute atomic E-state index is 0.0711. The van der Waals surface area contributed by atoms with Crippen LogP contribution in [0.4, 0.5) is 0 Å². The number of aromatic carboxylic acids is 1. The number of primary amides is 1. The maximum Gasteiger partial charge on any atom is 0.354 e. The number of ether oxygens (including phenoxy) is 1. The van der Waals surface area contributed by atoms with Crippen LogP contribution in [0.25, 0.3) is 0 Å². The molecule has 2 rings (SSSR count). The highest BCUT2D eigenvalue weighted by Gasteiger charge is 2.06. The van der Waals surface area contributed by atoms with Crippen LogP contribution in [0.5, 0.6) is 11.5 Å². The number of carboxylic acids is 1. The molecule has 0 aliphatic rings. The minimum atomic E-state index is -1.11. The number of carbonyl (C=O) groups is 2. The Bertz CT molecular complexity index is 623. The number of aromatic nitrogens is 1. The average Bonchev–Trinajstić information content (AvgIpc) is 2.39. The Hall–Kier alpha value is -2.89. The Balaban J connectivity index is 2.19. The van der Waals surface area contributed by atoms with Crippen LogP contribution in [-0.2, 0) is 0 Å². The molecule has 0 saturated carbocycles. The maximum atomic E-state index is 11.0. The fraction of sp³-hybridized carbons (Fsp3) is 0. The molecule has 1 aromatic heterocycles. The topological polar surface area (TPSA) is 103 Å². The third kappa shape index (κ3) is 3.06. The summed E-state index contributed by atoms with van der Waals surface area (Å²) in [5.41, 5.74) is 5.41. The molecule has 6 nitrogen and oxygen atoms in total. The van der Waals surface area contributed by atoms with Crippen LogP contribution >= 0.6 is 0 Å². The highest BCUT2D eigenvalue weighted by atomic mass is 16.5. The van der Waals surface area contributed by atoms with Gasteiger partial charge >= 0.3 is 5.97 Å². The predicted molar refractivity (Wildman–Crippen MR) is 66.2 cm³/mol. The first-order valence-electron chi connectivity index (χ1n) is 5.33. The molecule has 2 aromatic rings. The summed E-state index contributed by atoms with van der Waals surface area (Å²) in [6, 6.07) is 9.16. The summed E-state index contributed by atoms with van der Waals surface area (Å²) in [4.78, 5) is 25.4. The van der Waals surface area contributed by atoms with Crippen LogP contribution in [0.15, 0.2) is 42.6 Å². The molecule has 96 valence electrons. The van der Waals surface area contributed by atoms with Crippen molar-refractivity contribution in [2.75, 3.05) is 0 Å². The molecule has 0 aliphatic heterocycles. The van der Waals surface area contributed by atoms with E-state index in [1.807, 2.05) is 0 Å². The number of nitrogens with two attached hydrogens (primary N) is 1. The van der Waals surface area contributed by atoms with Gasteiger partial charge in [-0.2, -0.15) is 0 Å². The van der Waals surface area contributed by atoms with E-state index >= 15 is 0 Å². The summed E-state index contributed by atoms with van der Waals surface area (Å²) in [5, 5.41) is 8.71. The molecule has 19 heavy (non-hydrogen) atoms. The zero-order chi connectivity index (χ0) is 13.8. The lowest BCUT2D eigenvalue weighted by Crippen LogP contribution is -2.10. The van der Waals surface area contributed by atoms with Gasteiger partial charge in [0.25, 0.3) is 0 Å². The number of pyridine rings is 1. The smallest absolute Gasteiger partial charge is 0.354 e. The highest BCUT2D eigenvalue weighted by molar-refractivity contribution is 5.93. The van der Waals surface area contributed by atoms with E-state index in [0.29, 0.717) is 17.1 Å². The van der Waals surface area contributed by atoms with E-state index in [1.165, 1.54) is 24.4 Å². The Kier molecular flexibility index (Phi) is 3.42. The van der Waals surface area contributed by atoms with Crippen molar-refractivity contribution >= 4 is 11.9 Å². The van der Waals surface area contributed by atoms with Gasteiger partial charge in [0.1, 0.15) is 17.2 Å². The number of rotatable bonds is 4. The number of carboxylic acid groups (broad SMARTS) is 1. The Morgan fingerprint density at radius 3 is 2.53 bits per heavy atom. The largest absolute Gasteiger partial charge is 0.477 e. The van der Waals surface area contributed by atoms with Crippen molar-refractivity contribution in [1.29, 1.82) is 0 Å². The Morgan fingerprint density at radius 2 is 1.95 bits per heavy atom. The standard InChI is InChI=1S/C13H10N2O4/c14-12(16)8-2-1-3-9(6-8)19-10-4-5-11(13(17)18)15-7-10/h1-7H,(H2,14,16)(H,17,18). The van der Waals surface area contributed by atoms with Crippen molar-refractivity contribution in [2.24, 2.45) is 5.73 Å². The first kappa shape index (κ1) is 12.6. The van der Waals surface area contributed by atoms with Crippen molar-refractivity contribution in [3.8, 4) is 11.5 Å². The molecule has 0 spiro atoms. The second-order valence-electron chi connectivity index (χ2n) is 3.68. The van der Waals surface area contributed by atoms with Gasteiger partial charge in [-0.15, -0.1) is 0 Å². The molecule has 0 aliphatic carbocycles. The molecular weight excluding hydrogens is 248 g/mol. The molecule has 0 atom stereocenters. The van der Waals surface area contributed by atoms with E-state index in [9.17, 15) is 9.59 Å². The zero-order valence-electron chi connectivity index (χ0n) is 9.74. The fourth-order valence-corrected chi connectivity index (χ4v) is 1.42. The van der Waals surface area contributed by atoms with Gasteiger partial charge in [0, 0.05) is 5.56 Å². The number of amides is 1. The van der Waals surface area contributed by atoms with E-state index in [-0.39, 0.29) is 5.69 Å². The molecule has 1 aromatic carbocycles. The maximum absolute atomic E-state index is 11.0. The first-order chi connectivity index (χ1) is 9.06. The molecule has 0 saturated heterocycles. The monoisotopic (exact) mass is 258 g/mol. The Morgan fingerprint density at radius 1 is 1.16 bits per heavy atom. The minimum Gasteiger partial charge on any atom is -0.477 e. The first-order valence-corrected chi connectivity index (χ1v) is 5.33. The second kappa shape index (κ2) is 5.18. The molecule has 3 N–H and O–H groups in total. The van der Waals surface area contributed by atoms with Gasteiger partial charge in [0.2, 0.25) is 5.91 Å². The number of carbonyl (C=O) groups excluding carboxylic acids is 1. The van der Waals surface area contributed by atoms with Crippen LogP contribution in [0.2, 0.25) is 0 Å². The Labute approximate surface area is 108 Å². The van der Waals surface area contributed by atoms with Gasteiger partial charge in [-0.25, -0.2) is 9.78 Å². The number of benzene rings is 1. The highest BCUT2D eigenvalue weighted by Crippen LogP contribution is 2.21. The van der Waals surface area contributed by atoms with Crippen molar-refractivity contribution in [2.45, 2.75) is 0 Å². The predicted octanol–water partition coefficient (Wildman–Crippen LogP) is 1.67. The average molecular weight is 258 g/mol. The lowest BCUT2D eigenvalue weighted by molar-refractivity contribution is 0.0690. The molecule has 1 heterocycles. The summed E-state index contributed by atoms with van der Waals surface area (Å²) in [6.45, 7) is 0. The lowest BCUT2D eigenvalue weighted by atomic mass is 10.2. The van der Waals surface area contributed by atoms with Crippen LogP contribution in [0.3, 0.4) is 0 Å². The van der Waals surface area contributed by atoms with Gasteiger partial charge in [-0.3, -0.25) is 4.79 Å². The van der Waals surface area contributed by atoms with Gasteiger partial charge in [-0.1, -0.05) is 6.07 Å². The van der Waals surface area contributed by atoms with Crippen LogP contribution in [0, 0.1) is 0 Å². The van der Waals surface area contributed by atoms with Crippen molar-refractivity contribution in [1.82, 2.24) is 4.98 Å². The molecule has 0 radical (unpaired) electrons. The summed E-state index contributed by atoms with van der Waals surface area (Å²) in [6.07, 6.45) is 1.29. The SMILES string of the molecule is NC(=O)c1cccc(Oc2ccc(C(=O)O)nc2)c1. The van der Waals surface area contributed by atoms with Crippen molar-refractivity contribution in [3.05, 3.63) is 53.9 Å². The van der Waals surface area contributed by atoms with Crippen LogP contribution in [0.1, 0.15) is 20.8 Å². The molecule has 0 unspecified atom stereocenters. The summed E-state index contributed by atoms with van der Waals surface area (Å²) >= 11 is 0. The molecule has 0 fully saturated rings. The van der Waals surface area contributed by atoms with Crippen molar-refractivity contribution in [3.63, 3.8) is 0 Å². The van der Waals surface area contributed by atoms with E-state index in [0.717, 1.165) is 0 Å². The summed E-state index contributed by atoms with van der Waals surface area (Å²) in [5.74, 6) is -0.875. The lowest BCUT2D eigenvalue weighted by Gasteiger charge is -2.06. The zero-order valence-corrected chi connectivity index (χ0v) is 9.74. The van der Waals surface area contributed by atoms with Crippen LogP contribution < -0.4 is 10.5 Å². The van der Waals surface area contributed by atoms with Gasteiger partial charge in [-0.05, 0) is 30.3 Å². The van der Waals surface area contributed by atoms with E-state index in [4.69, 9.17) is 15.6 Å². The van der Waals surface area contributed by atoms with E-state index in [2.05, 4.69) is 4.98 Å². The van der Waals surface area contributed by atoms with E-state index < -0.39 is 11.9 Å². The quantitative estimate of drug-likeness (QED) is 0.868. The molecule has 6 heteroatoms. The third-order valence-corrected chi connectivity index (χ3v) is 2.31. The molecule has 1 amide bonds. The summed E-state index contributed by atoms with van der Waals surface area (Å²) in [7, 11) is 0. The van der Waals surface area contributed by atoms with Crippen molar-refractivity contribution < 1.29 is 19.4 Å². The number of hydrogen-bond acceptors (Lipinski definition) is 4. The molecule has 0 bridgehead atoms. The summed E-state index contributed by atoms with van der Waals surface area (Å²) < 4.78 is 5.44.